The largest absolute Gasteiger partial charge is 0.377 e. The molecule has 0 aliphatic carbocycles. The first-order valence-electron chi connectivity index (χ1n) is 5.73. The molecule has 2 aromatic rings. The highest BCUT2D eigenvalue weighted by Crippen LogP contribution is 2.20. The van der Waals surface area contributed by atoms with Crippen molar-refractivity contribution >= 4 is 22.8 Å². The van der Waals surface area contributed by atoms with Gasteiger partial charge in [0.15, 0.2) is 5.65 Å². The predicted octanol–water partition coefficient (Wildman–Crippen LogP) is 1.23. The highest BCUT2D eigenvalue weighted by molar-refractivity contribution is 5.86. The van der Waals surface area contributed by atoms with Gasteiger partial charge in [0.05, 0.1) is 17.2 Å². The molecule has 0 aliphatic heterocycles. The van der Waals surface area contributed by atoms with Gasteiger partial charge in [0.25, 0.3) is 0 Å². The Balaban J connectivity index is 2.28. The summed E-state index contributed by atoms with van der Waals surface area (Å²) in [6.45, 7) is 4.66. The molecule has 0 aliphatic rings. The quantitative estimate of drug-likeness (QED) is 0.739. The average molecular weight is 250 g/mol. The molecular weight excluding hydrogens is 232 g/mol. The summed E-state index contributed by atoms with van der Waals surface area (Å²) in [5, 5.41) is 13.9. The van der Waals surface area contributed by atoms with Crippen LogP contribution in [0.1, 0.15) is 13.8 Å². The minimum atomic E-state index is -0.263. The Morgan fingerprint density at radius 2 is 2.17 bits per heavy atom. The van der Waals surface area contributed by atoms with E-state index in [1.54, 1.807) is 20.4 Å². The maximum atomic E-state index is 5.36. The molecule has 7 heteroatoms. The molecule has 0 aromatic carbocycles. The summed E-state index contributed by atoms with van der Waals surface area (Å²) >= 11 is 0. The third-order valence-corrected chi connectivity index (χ3v) is 2.77. The second-order valence-electron chi connectivity index (χ2n) is 4.60. The van der Waals surface area contributed by atoms with Crippen molar-refractivity contribution in [2.75, 3.05) is 31.3 Å². The molecule has 0 bridgehead atoms. The maximum absolute atomic E-state index is 5.36. The zero-order valence-electron chi connectivity index (χ0n) is 11.0. The SMILES string of the molecule is CNc1nc(NCC(C)(C)OC)c2cn[nH]c2n1. The minimum Gasteiger partial charge on any atom is -0.377 e. The summed E-state index contributed by atoms with van der Waals surface area (Å²) in [7, 11) is 3.47. The van der Waals surface area contributed by atoms with Gasteiger partial charge in [-0.05, 0) is 13.8 Å². The van der Waals surface area contributed by atoms with Crippen LogP contribution in [-0.4, -0.2) is 46.5 Å². The standard InChI is InChI=1S/C11H18N6O/c1-11(2,18-4)6-13-8-7-5-14-17-9(7)16-10(12-3)15-8/h5H,6H2,1-4H3,(H3,12,13,14,15,16,17). The van der Waals surface area contributed by atoms with Crippen LogP contribution in [0.2, 0.25) is 0 Å². The topological polar surface area (TPSA) is 87.8 Å². The highest BCUT2D eigenvalue weighted by Gasteiger charge is 2.17. The van der Waals surface area contributed by atoms with E-state index in [1.165, 1.54) is 0 Å². The fourth-order valence-electron chi connectivity index (χ4n) is 1.45. The number of H-pyrrole nitrogens is 1. The van der Waals surface area contributed by atoms with Crippen LogP contribution in [0.4, 0.5) is 11.8 Å². The molecule has 0 fully saturated rings. The number of ether oxygens (including phenoxy) is 1. The molecule has 0 unspecified atom stereocenters. The molecule has 3 N–H and O–H groups in total. The summed E-state index contributed by atoms with van der Waals surface area (Å²) in [6.07, 6.45) is 1.71. The van der Waals surface area contributed by atoms with Crippen LogP contribution >= 0.6 is 0 Å². The van der Waals surface area contributed by atoms with Gasteiger partial charge < -0.3 is 15.4 Å². The smallest absolute Gasteiger partial charge is 0.226 e. The summed E-state index contributed by atoms with van der Waals surface area (Å²) < 4.78 is 5.36. The van der Waals surface area contributed by atoms with E-state index < -0.39 is 0 Å². The summed E-state index contributed by atoms with van der Waals surface area (Å²) in [6, 6.07) is 0. The van der Waals surface area contributed by atoms with E-state index in [9.17, 15) is 0 Å². The molecule has 0 saturated heterocycles. The zero-order chi connectivity index (χ0) is 13.2. The van der Waals surface area contributed by atoms with E-state index in [-0.39, 0.29) is 5.60 Å². The average Bonchev–Trinajstić information content (AvgIpc) is 2.84. The number of nitrogens with one attached hydrogen (secondary N) is 3. The minimum absolute atomic E-state index is 0.263. The van der Waals surface area contributed by atoms with E-state index >= 15 is 0 Å². The van der Waals surface area contributed by atoms with Crippen LogP contribution in [0.3, 0.4) is 0 Å². The normalized spacial score (nSPS) is 11.8. The molecule has 2 aromatic heterocycles. The number of hydrogen-bond acceptors (Lipinski definition) is 6. The lowest BCUT2D eigenvalue weighted by Crippen LogP contribution is -2.32. The number of aromatic nitrogens is 4. The van der Waals surface area contributed by atoms with Crippen LogP contribution < -0.4 is 10.6 Å². The number of fused-ring (bicyclic) bond motifs is 1. The fourth-order valence-corrected chi connectivity index (χ4v) is 1.45. The first-order valence-corrected chi connectivity index (χ1v) is 5.73. The Morgan fingerprint density at radius 1 is 1.39 bits per heavy atom. The molecular formula is C11H18N6O. The van der Waals surface area contributed by atoms with Gasteiger partial charge in [0, 0.05) is 20.7 Å². The molecule has 0 saturated carbocycles. The lowest BCUT2D eigenvalue weighted by Gasteiger charge is -2.23. The van der Waals surface area contributed by atoms with Crippen molar-refractivity contribution in [3.05, 3.63) is 6.20 Å². The summed E-state index contributed by atoms with van der Waals surface area (Å²) in [5.41, 5.74) is 0.438. The van der Waals surface area contributed by atoms with Gasteiger partial charge in [-0.3, -0.25) is 5.10 Å². The van der Waals surface area contributed by atoms with Crippen molar-refractivity contribution in [2.45, 2.75) is 19.4 Å². The van der Waals surface area contributed by atoms with Crippen LogP contribution in [0, 0.1) is 0 Å². The zero-order valence-corrected chi connectivity index (χ0v) is 11.0. The molecule has 7 nitrogen and oxygen atoms in total. The number of methoxy groups -OCH3 is 1. The Bertz CT molecular complexity index is 535. The molecule has 0 spiro atoms. The molecule has 2 rings (SSSR count). The monoisotopic (exact) mass is 250 g/mol. The second kappa shape index (κ2) is 4.77. The Kier molecular flexibility index (Phi) is 3.33. The van der Waals surface area contributed by atoms with Gasteiger partial charge in [-0.1, -0.05) is 0 Å². The second-order valence-corrected chi connectivity index (χ2v) is 4.60. The molecule has 18 heavy (non-hydrogen) atoms. The first-order chi connectivity index (χ1) is 8.55. The Labute approximate surface area is 105 Å². The Morgan fingerprint density at radius 3 is 2.83 bits per heavy atom. The van der Waals surface area contributed by atoms with Crippen molar-refractivity contribution in [3.63, 3.8) is 0 Å². The first kappa shape index (κ1) is 12.6. The van der Waals surface area contributed by atoms with Crippen LogP contribution in [0.5, 0.6) is 0 Å². The summed E-state index contributed by atoms with van der Waals surface area (Å²) in [5.74, 6) is 1.28. The third-order valence-electron chi connectivity index (χ3n) is 2.77. The van der Waals surface area contributed by atoms with Gasteiger partial charge in [0.2, 0.25) is 5.95 Å². The number of aromatic amines is 1. The van der Waals surface area contributed by atoms with E-state index in [4.69, 9.17) is 4.74 Å². The molecule has 0 radical (unpaired) electrons. The fraction of sp³-hybridized carbons (Fsp3) is 0.545. The molecule has 2 heterocycles. The van der Waals surface area contributed by atoms with Crippen molar-refractivity contribution in [3.8, 4) is 0 Å². The van der Waals surface area contributed by atoms with Crippen LogP contribution in [0.15, 0.2) is 6.20 Å². The summed E-state index contributed by atoms with van der Waals surface area (Å²) in [4.78, 5) is 8.65. The maximum Gasteiger partial charge on any atom is 0.226 e. The lowest BCUT2D eigenvalue weighted by molar-refractivity contribution is 0.0343. The van der Waals surface area contributed by atoms with E-state index in [2.05, 4.69) is 30.8 Å². The van der Waals surface area contributed by atoms with Crippen molar-refractivity contribution in [1.29, 1.82) is 0 Å². The predicted molar refractivity (Wildman–Crippen MR) is 70.8 cm³/mol. The molecule has 0 atom stereocenters. The van der Waals surface area contributed by atoms with E-state index in [1.807, 2.05) is 13.8 Å². The van der Waals surface area contributed by atoms with Crippen molar-refractivity contribution in [2.24, 2.45) is 0 Å². The van der Waals surface area contributed by atoms with E-state index in [0.717, 1.165) is 11.2 Å². The lowest BCUT2D eigenvalue weighted by atomic mass is 10.1. The number of anilines is 2. The van der Waals surface area contributed by atoms with Crippen molar-refractivity contribution in [1.82, 2.24) is 20.2 Å². The van der Waals surface area contributed by atoms with Gasteiger partial charge in [-0.15, -0.1) is 0 Å². The molecule has 0 amide bonds. The van der Waals surface area contributed by atoms with E-state index in [0.29, 0.717) is 18.1 Å². The molecule has 98 valence electrons. The Hall–Kier alpha value is -1.89. The third kappa shape index (κ3) is 2.51. The van der Waals surface area contributed by atoms with Gasteiger partial charge in [-0.2, -0.15) is 15.1 Å². The highest BCUT2D eigenvalue weighted by atomic mass is 16.5. The number of nitrogens with zero attached hydrogens (tertiary/aromatic N) is 3. The number of rotatable bonds is 5. The van der Waals surface area contributed by atoms with Crippen LogP contribution in [0.25, 0.3) is 11.0 Å². The van der Waals surface area contributed by atoms with Crippen LogP contribution in [-0.2, 0) is 4.74 Å². The van der Waals surface area contributed by atoms with Gasteiger partial charge in [-0.25, -0.2) is 0 Å². The van der Waals surface area contributed by atoms with Crippen molar-refractivity contribution < 1.29 is 4.74 Å². The van der Waals surface area contributed by atoms with Gasteiger partial charge >= 0.3 is 0 Å². The van der Waals surface area contributed by atoms with Gasteiger partial charge in [0.1, 0.15) is 5.82 Å². The number of hydrogen-bond donors (Lipinski definition) is 3.